The van der Waals surface area contributed by atoms with Crippen molar-refractivity contribution in [2.75, 3.05) is 33.4 Å². The first-order valence-electron chi connectivity index (χ1n) is 6.28. The molecule has 0 aliphatic rings. The van der Waals surface area contributed by atoms with Crippen LogP contribution >= 0.6 is 0 Å². The van der Waals surface area contributed by atoms with Crippen molar-refractivity contribution in [1.82, 2.24) is 4.90 Å². The molecular weight excluding hydrogens is 249 g/mol. The van der Waals surface area contributed by atoms with Gasteiger partial charge in [-0.15, -0.1) is 0 Å². The van der Waals surface area contributed by atoms with Gasteiger partial charge in [0.2, 0.25) is 0 Å². The number of esters is 1. The maximum atomic E-state index is 13.0. The molecule has 0 radical (unpaired) electrons. The van der Waals surface area contributed by atoms with Gasteiger partial charge in [-0.2, -0.15) is 0 Å². The van der Waals surface area contributed by atoms with Gasteiger partial charge in [-0.05, 0) is 31.7 Å². The molecule has 0 aliphatic heterocycles. The van der Waals surface area contributed by atoms with Gasteiger partial charge in [0.05, 0.1) is 13.2 Å². The van der Waals surface area contributed by atoms with Crippen LogP contribution in [-0.2, 0) is 20.8 Å². The Morgan fingerprint density at radius 2 is 2.21 bits per heavy atom. The molecule has 1 rings (SSSR count). The highest BCUT2D eigenvalue weighted by Crippen LogP contribution is 2.05. The van der Waals surface area contributed by atoms with E-state index in [4.69, 9.17) is 9.47 Å². The lowest BCUT2D eigenvalue weighted by molar-refractivity contribution is -0.148. The Kier molecular flexibility index (Phi) is 7.07. The number of nitrogens with zero attached hydrogens (tertiary/aromatic N) is 1. The van der Waals surface area contributed by atoms with E-state index in [9.17, 15) is 9.18 Å². The highest BCUT2D eigenvalue weighted by Gasteiger charge is 2.04. The molecule has 106 valence electrons. The summed E-state index contributed by atoms with van der Waals surface area (Å²) in [6, 6.07) is 6.50. The minimum atomic E-state index is -0.352. The normalized spacial score (nSPS) is 10.7. The highest BCUT2D eigenvalue weighted by atomic mass is 19.1. The van der Waals surface area contributed by atoms with E-state index in [2.05, 4.69) is 0 Å². The van der Waals surface area contributed by atoms with Crippen LogP contribution < -0.4 is 0 Å². The van der Waals surface area contributed by atoms with Gasteiger partial charge in [-0.25, -0.2) is 9.18 Å². The van der Waals surface area contributed by atoms with Gasteiger partial charge >= 0.3 is 5.97 Å². The average Bonchev–Trinajstić information content (AvgIpc) is 2.35. The van der Waals surface area contributed by atoms with Crippen molar-refractivity contribution in [1.29, 1.82) is 0 Å². The number of hydrogen-bond donors (Lipinski definition) is 0. The van der Waals surface area contributed by atoms with Crippen molar-refractivity contribution in [3.05, 3.63) is 35.6 Å². The molecule has 0 amide bonds. The van der Waals surface area contributed by atoms with Gasteiger partial charge in [0.15, 0.2) is 0 Å². The molecule has 0 unspecified atom stereocenters. The summed E-state index contributed by atoms with van der Waals surface area (Å²) in [7, 11) is 1.92. The fourth-order valence-corrected chi connectivity index (χ4v) is 1.60. The van der Waals surface area contributed by atoms with Gasteiger partial charge in [-0.1, -0.05) is 12.1 Å². The van der Waals surface area contributed by atoms with Gasteiger partial charge < -0.3 is 9.47 Å². The third kappa shape index (κ3) is 6.88. The predicted octanol–water partition coefficient (Wildman–Crippen LogP) is 1.84. The van der Waals surface area contributed by atoms with Crippen LogP contribution in [0.15, 0.2) is 24.3 Å². The Bertz CT molecular complexity index is 398. The molecule has 0 aliphatic carbocycles. The van der Waals surface area contributed by atoms with Crippen molar-refractivity contribution in [2.45, 2.75) is 13.5 Å². The van der Waals surface area contributed by atoms with Crippen molar-refractivity contribution in [3.8, 4) is 0 Å². The predicted molar refractivity (Wildman–Crippen MR) is 70.2 cm³/mol. The van der Waals surface area contributed by atoms with Crippen molar-refractivity contribution >= 4 is 5.97 Å². The number of ether oxygens (including phenoxy) is 2. The number of benzene rings is 1. The fraction of sp³-hybridized carbons (Fsp3) is 0.500. The lowest BCUT2D eigenvalue weighted by Crippen LogP contribution is -2.24. The van der Waals surface area contributed by atoms with Gasteiger partial charge in [0.1, 0.15) is 12.4 Å². The Balaban J connectivity index is 2.18. The van der Waals surface area contributed by atoms with Crippen molar-refractivity contribution in [3.63, 3.8) is 0 Å². The van der Waals surface area contributed by atoms with E-state index < -0.39 is 0 Å². The topological polar surface area (TPSA) is 38.8 Å². The molecule has 0 saturated heterocycles. The monoisotopic (exact) mass is 269 g/mol. The van der Waals surface area contributed by atoms with Crippen LogP contribution in [0.5, 0.6) is 0 Å². The highest BCUT2D eigenvalue weighted by molar-refractivity contribution is 5.70. The molecule has 0 spiro atoms. The summed E-state index contributed by atoms with van der Waals surface area (Å²) in [5, 5.41) is 0. The van der Waals surface area contributed by atoms with Crippen LogP contribution in [0.2, 0.25) is 0 Å². The van der Waals surface area contributed by atoms with Gasteiger partial charge in [0.25, 0.3) is 0 Å². The zero-order chi connectivity index (χ0) is 14.1. The van der Waals surface area contributed by atoms with Crippen LogP contribution in [-0.4, -0.2) is 44.3 Å². The summed E-state index contributed by atoms with van der Waals surface area (Å²) in [6.07, 6.45) is 0. The Morgan fingerprint density at radius 1 is 1.42 bits per heavy atom. The largest absolute Gasteiger partial charge is 0.464 e. The van der Waals surface area contributed by atoms with Gasteiger partial charge in [-0.3, -0.25) is 4.90 Å². The second-order valence-corrected chi connectivity index (χ2v) is 4.23. The lowest BCUT2D eigenvalue weighted by Gasteiger charge is -2.16. The molecule has 19 heavy (non-hydrogen) atoms. The summed E-state index contributed by atoms with van der Waals surface area (Å²) in [6.45, 7) is 3.83. The van der Waals surface area contributed by atoms with E-state index >= 15 is 0 Å². The molecule has 0 N–H and O–H groups in total. The number of likely N-dealkylation sites (N-methyl/N-ethyl adjacent to an activating group) is 1. The number of carbonyl (C=O) groups excluding carboxylic acids is 1. The first-order valence-corrected chi connectivity index (χ1v) is 6.28. The maximum absolute atomic E-state index is 13.0. The fourth-order valence-electron chi connectivity index (χ4n) is 1.60. The van der Waals surface area contributed by atoms with E-state index in [-0.39, 0.29) is 18.4 Å². The summed E-state index contributed by atoms with van der Waals surface area (Å²) >= 11 is 0. The first kappa shape index (κ1) is 15.6. The number of carbonyl (C=O) groups is 1. The number of halogens is 1. The minimum Gasteiger partial charge on any atom is -0.464 e. The SMILES string of the molecule is CCOC(=O)COCCN(C)Cc1cccc(F)c1. The van der Waals surface area contributed by atoms with Crippen LogP contribution in [0.3, 0.4) is 0 Å². The molecule has 5 heteroatoms. The van der Waals surface area contributed by atoms with Gasteiger partial charge in [0, 0.05) is 13.1 Å². The molecule has 0 bridgehead atoms. The summed E-state index contributed by atoms with van der Waals surface area (Å²) in [5.41, 5.74) is 0.910. The molecular formula is C14H20FNO3. The zero-order valence-corrected chi connectivity index (χ0v) is 11.4. The molecule has 0 saturated carbocycles. The molecule has 1 aromatic carbocycles. The third-order valence-electron chi connectivity index (χ3n) is 2.48. The van der Waals surface area contributed by atoms with E-state index in [0.717, 1.165) is 5.56 Å². The van der Waals surface area contributed by atoms with Crippen molar-refractivity contribution < 1.29 is 18.7 Å². The molecule has 0 atom stereocenters. The average molecular weight is 269 g/mol. The summed E-state index contributed by atoms with van der Waals surface area (Å²) < 4.78 is 22.9. The molecule has 0 fully saturated rings. The molecule has 1 aromatic rings. The molecule has 0 heterocycles. The van der Waals surface area contributed by atoms with Crippen LogP contribution in [0.4, 0.5) is 4.39 Å². The Morgan fingerprint density at radius 3 is 2.89 bits per heavy atom. The van der Waals surface area contributed by atoms with E-state index in [0.29, 0.717) is 26.3 Å². The maximum Gasteiger partial charge on any atom is 0.332 e. The van der Waals surface area contributed by atoms with E-state index in [1.807, 2.05) is 18.0 Å². The van der Waals surface area contributed by atoms with Crippen LogP contribution in [0.25, 0.3) is 0 Å². The standard InChI is InChI=1S/C14H20FNO3/c1-3-19-14(17)11-18-8-7-16(2)10-12-5-4-6-13(15)9-12/h4-6,9H,3,7-8,10-11H2,1-2H3. The number of hydrogen-bond acceptors (Lipinski definition) is 4. The quantitative estimate of drug-likeness (QED) is 0.533. The van der Waals surface area contributed by atoms with Crippen LogP contribution in [0.1, 0.15) is 12.5 Å². The van der Waals surface area contributed by atoms with E-state index in [1.165, 1.54) is 12.1 Å². The smallest absolute Gasteiger partial charge is 0.332 e. The second-order valence-electron chi connectivity index (χ2n) is 4.23. The summed E-state index contributed by atoms with van der Waals surface area (Å²) in [5.74, 6) is -0.584. The zero-order valence-electron chi connectivity index (χ0n) is 11.4. The number of rotatable bonds is 8. The Hall–Kier alpha value is -1.46. The molecule has 4 nitrogen and oxygen atoms in total. The summed E-state index contributed by atoms with van der Waals surface area (Å²) in [4.78, 5) is 13.0. The van der Waals surface area contributed by atoms with Crippen molar-refractivity contribution in [2.24, 2.45) is 0 Å². The Labute approximate surface area is 113 Å². The van der Waals surface area contributed by atoms with E-state index in [1.54, 1.807) is 13.0 Å². The lowest BCUT2D eigenvalue weighted by atomic mass is 10.2. The third-order valence-corrected chi connectivity index (χ3v) is 2.48. The van der Waals surface area contributed by atoms with Crippen LogP contribution in [0, 0.1) is 5.82 Å². The molecule has 0 aromatic heterocycles. The minimum absolute atomic E-state index is 0.0261. The second kappa shape index (κ2) is 8.61. The first-order chi connectivity index (χ1) is 9.11.